The molecule has 0 aliphatic heterocycles. The molecule has 0 spiro atoms. The Morgan fingerprint density at radius 1 is 1.33 bits per heavy atom. The largest absolute Gasteiger partial charge is 0.481 e. The number of rotatable bonds is 7. The SMILES string of the molecule is CC(CCCNS(=O)(=O)c1ccccc1)C(=O)O. The van der Waals surface area contributed by atoms with Crippen LogP contribution in [0.1, 0.15) is 19.8 Å². The van der Waals surface area contributed by atoms with E-state index in [-0.39, 0.29) is 11.4 Å². The number of carbonyl (C=O) groups is 1. The number of nitrogens with one attached hydrogen (secondary N) is 1. The molecule has 6 heteroatoms. The lowest BCUT2D eigenvalue weighted by molar-refractivity contribution is -0.141. The minimum atomic E-state index is -3.48. The number of benzene rings is 1. The van der Waals surface area contributed by atoms with Crippen molar-refractivity contribution in [1.82, 2.24) is 4.72 Å². The molecule has 1 atom stereocenters. The molecule has 0 bridgehead atoms. The summed E-state index contributed by atoms with van der Waals surface area (Å²) in [4.78, 5) is 10.8. The third kappa shape index (κ3) is 4.46. The lowest BCUT2D eigenvalue weighted by Gasteiger charge is -2.08. The van der Waals surface area contributed by atoms with Gasteiger partial charge in [-0.05, 0) is 25.0 Å². The van der Waals surface area contributed by atoms with Gasteiger partial charge in [0.1, 0.15) is 0 Å². The molecule has 0 saturated carbocycles. The fourth-order valence-corrected chi connectivity index (χ4v) is 2.52. The molecule has 0 fully saturated rings. The molecule has 0 saturated heterocycles. The highest BCUT2D eigenvalue weighted by atomic mass is 32.2. The van der Waals surface area contributed by atoms with E-state index in [9.17, 15) is 13.2 Å². The summed E-state index contributed by atoms with van der Waals surface area (Å²) < 4.78 is 26.0. The van der Waals surface area contributed by atoms with Crippen LogP contribution in [0, 0.1) is 5.92 Å². The van der Waals surface area contributed by atoms with Gasteiger partial charge in [-0.15, -0.1) is 0 Å². The highest BCUT2D eigenvalue weighted by Crippen LogP contribution is 2.08. The van der Waals surface area contributed by atoms with Gasteiger partial charge in [-0.3, -0.25) is 4.79 Å². The Hall–Kier alpha value is -1.40. The summed E-state index contributed by atoms with van der Waals surface area (Å²) in [7, 11) is -3.48. The normalized spacial score (nSPS) is 13.2. The fraction of sp³-hybridized carbons (Fsp3) is 0.417. The lowest BCUT2D eigenvalue weighted by atomic mass is 10.1. The second kappa shape index (κ2) is 6.51. The van der Waals surface area contributed by atoms with Gasteiger partial charge in [-0.1, -0.05) is 25.1 Å². The van der Waals surface area contributed by atoms with Crippen molar-refractivity contribution in [3.63, 3.8) is 0 Å². The van der Waals surface area contributed by atoms with Gasteiger partial charge in [0.2, 0.25) is 10.0 Å². The molecule has 1 aromatic carbocycles. The standard InChI is InChI=1S/C12H17NO4S/c1-10(12(14)15)6-5-9-13-18(16,17)11-7-3-2-4-8-11/h2-4,7-8,10,13H,5-6,9H2,1H3,(H,14,15). The van der Waals surface area contributed by atoms with E-state index in [0.29, 0.717) is 12.8 Å². The van der Waals surface area contributed by atoms with Crippen LogP contribution in [0.15, 0.2) is 35.2 Å². The first kappa shape index (κ1) is 14.7. The maximum absolute atomic E-state index is 11.8. The summed E-state index contributed by atoms with van der Waals surface area (Å²) >= 11 is 0. The quantitative estimate of drug-likeness (QED) is 0.735. The third-order valence-electron chi connectivity index (χ3n) is 2.58. The van der Waals surface area contributed by atoms with Crippen LogP contribution in [-0.2, 0) is 14.8 Å². The van der Waals surface area contributed by atoms with Crippen LogP contribution in [0.5, 0.6) is 0 Å². The molecule has 1 rings (SSSR count). The van der Waals surface area contributed by atoms with Crippen molar-refractivity contribution < 1.29 is 18.3 Å². The van der Waals surface area contributed by atoms with Crippen molar-refractivity contribution in [2.75, 3.05) is 6.54 Å². The second-order valence-corrected chi connectivity index (χ2v) is 5.86. The van der Waals surface area contributed by atoms with Crippen LogP contribution >= 0.6 is 0 Å². The van der Waals surface area contributed by atoms with Crippen molar-refractivity contribution in [1.29, 1.82) is 0 Å². The van der Waals surface area contributed by atoms with Crippen molar-refractivity contribution in [2.45, 2.75) is 24.7 Å². The molecule has 100 valence electrons. The number of carboxylic acids is 1. The summed E-state index contributed by atoms with van der Waals surface area (Å²) in [6.07, 6.45) is 0.951. The second-order valence-electron chi connectivity index (χ2n) is 4.09. The van der Waals surface area contributed by atoms with E-state index >= 15 is 0 Å². The van der Waals surface area contributed by atoms with Crippen LogP contribution in [0.2, 0.25) is 0 Å². The molecule has 0 amide bonds. The summed E-state index contributed by atoms with van der Waals surface area (Å²) in [6, 6.07) is 8.08. The highest BCUT2D eigenvalue weighted by molar-refractivity contribution is 7.89. The van der Waals surface area contributed by atoms with E-state index in [2.05, 4.69) is 4.72 Å². The monoisotopic (exact) mass is 271 g/mol. The summed E-state index contributed by atoms with van der Waals surface area (Å²) in [5.74, 6) is -1.31. The molecule has 2 N–H and O–H groups in total. The molecule has 0 radical (unpaired) electrons. The maximum atomic E-state index is 11.8. The Kier molecular flexibility index (Phi) is 5.30. The van der Waals surface area contributed by atoms with Crippen LogP contribution in [-0.4, -0.2) is 26.0 Å². The number of sulfonamides is 1. The lowest BCUT2D eigenvalue weighted by Crippen LogP contribution is -2.25. The molecule has 1 unspecified atom stereocenters. The summed E-state index contributed by atoms with van der Waals surface area (Å²) in [5.41, 5.74) is 0. The van der Waals surface area contributed by atoms with Gasteiger partial charge in [0.05, 0.1) is 10.8 Å². The summed E-state index contributed by atoms with van der Waals surface area (Å²) in [6.45, 7) is 1.85. The molecule has 18 heavy (non-hydrogen) atoms. The zero-order valence-corrected chi connectivity index (χ0v) is 11.0. The molecular weight excluding hydrogens is 254 g/mol. The summed E-state index contributed by atoms with van der Waals surface area (Å²) in [5, 5.41) is 8.68. The molecule has 5 nitrogen and oxygen atoms in total. The molecule has 0 heterocycles. The van der Waals surface area contributed by atoms with Crippen molar-refractivity contribution in [3.8, 4) is 0 Å². The van der Waals surface area contributed by atoms with Gasteiger partial charge >= 0.3 is 5.97 Å². The average molecular weight is 271 g/mol. The number of carboxylic acid groups (broad SMARTS) is 1. The minimum Gasteiger partial charge on any atom is -0.481 e. The van der Waals surface area contributed by atoms with E-state index in [0.717, 1.165) is 0 Å². The van der Waals surface area contributed by atoms with Gasteiger partial charge < -0.3 is 5.11 Å². The molecule has 0 aliphatic rings. The van der Waals surface area contributed by atoms with Gasteiger partial charge in [0.25, 0.3) is 0 Å². The van der Waals surface area contributed by atoms with Crippen molar-refractivity contribution in [3.05, 3.63) is 30.3 Å². The van der Waals surface area contributed by atoms with E-state index < -0.39 is 21.9 Å². The first-order valence-corrected chi connectivity index (χ1v) is 7.19. The van der Waals surface area contributed by atoms with Crippen molar-refractivity contribution in [2.24, 2.45) is 5.92 Å². The predicted octanol–water partition coefficient (Wildman–Crippen LogP) is 1.47. The third-order valence-corrected chi connectivity index (χ3v) is 4.06. The Bertz CT molecular complexity index is 484. The smallest absolute Gasteiger partial charge is 0.306 e. The Morgan fingerprint density at radius 2 is 1.94 bits per heavy atom. The van der Waals surface area contributed by atoms with Crippen LogP contribution in [0.3, 0.4) is 0 Å². The molecule has 0 aromatic heterocycles. The van der Waals surface area contributed by atoms with Crippen LogP contribution in [0.4, 0.5) is 0 Å². The number of aliphatic carboxylic acids is 1. The van der Waals surface area contributed by atoms with Crippen molar-refractivity contribution >= 4 is 16.0 Å². The number of hydrogen-bond acceptors (Lipinski definition) is 3. The number of hydrogen-bond donors (Lipinski definition) is 2. The molecule has 0 aliphatic carbocycles. The fourth-order valence-electron chi connectivity index (χ4n) is 1.42. The zero-order chi connectivity index (χ0) is 13.6. The Morgan fingerprint density at radius 3 is 2.50 bits per heavy atom. The van der Waals surface area contributed by atoms with Gasteiger partial charge in [0.15, 0.2) is 0 Å². The predicted molar refractivity (Wildman–Crippen MR) is 67.7 cm³/mol. The molecular formula is C12H17NO4S. The average Bonchev–Trinajstić information content (AvgIpc) is 2.35. The highest BCUT2D eigenvalue weighted by Gasteiger charge is 2.14. The first-order valence-electron chi connectivity index (χ1n) is 5.71. The van der Waals surface area contributed by atoms with Crippen LogP contribution in [0.25, 0.3) is 0 Å². The van der Waals surface area contributed by atoms with Gasteiger partial charge in [-0.2, -0.15) is 0 Å². The Labute approximate surface area is 107 Å². The van der Waals surface area contributed by atoms with E-state index in [4.69, 9.17) is 5.11 Å². The van der Waals surface area contributed by atoms with Crippen LogP contribution < -0.4 is 4.72 Å². The minimum absolute atomic E-state index is 0.219. The van der Waals surface area contributed by atoms with E-state index in [1.54, 1.807) is 25.1 Å². The van der Waals surface area contributed by atoms with E-state index in [1.165, 1.54) is 12.1 Å². The molecule has 1 aromatic rings. The zero-order valence-electron chi connectivity index (χ0n) is 10.2. The first-order chi connectivity index (χ1) is 8.43. The Balaban J connectivity index is 2.42. The van der Waals surface area contributed by atoms with E-state index in [1.807, 2.05) is 0 Å². The maximum Gasteiger partial charge on any atom is 0.306 e. The van der Waals surface area contributed by atoms with Gasteiger partial charge in [-0.25, -0.2) is 13.1 Å². The topological polar surface area (TPSA) is 83.5 Å². The van der Waals surface area contributed by atoms with Gasteiger partial charge in [0, 0.05) is 6.54 Å².